The zero-order chi connectivity index (χ0) is 28.5. The van der Waals surface area contributed by atoms with Gasteiger partial charge in [-0.25, -0.2) is 0 Å². The number of likely N-dealkylation sites (tertiary alicyclic amines) is 1. The summed E-state index contributed by atoms with van der Waals surface area (Å²) in [6.45, 7) is 15.4. The Morgan fingerprint density at radius 1 is 1.26 bits per heavy atom. The molecule has 1 spiro atoms. The SMILES string of the molecule is C=CCCOC(=O)[C@H]1[C@H]2C(=O)N([C@@H](CC)CO)C(C(=O)N(CC=C)c3cc(C)ccc3C)C23CC[C@]1(CC)O3. The summed E-state index contributed by atoms with van der Waals surface area (Å²) in [5, 5.41) is 10.3. The zero-order valence-electron chi connectivity index (χ0n) is 23.7. The molecule has 2 unspecified atom stereocenters. The molecule has 8 heteroatoms. The molecule has 1 aromatic rings. The van der Waals surface area contributed by atoms with Crippen LogP contribution in [0.25, 0.3) is 0 Å². The Hall–Kier alpha value is -2.97. The van der Waals surface area contributed by atoms with E-state index < -0.39 is 41.1 Å². The second-order valence-corrected chi connectivity index (χ2v) is 11.1. The minimum Gasteiger partial charge on any atom is -0.465 e. The van der Waals surface area contributed by atoms with Crippen LogP contribution in [0.3, 0.4) is 0 Å². The predicted molar refractivity (Wildman–Crippen MR) is 149 cm³/mol. The average molecular weight is 539 g/mol. The molecule has 3 saturated heterocycles. The minimum atomic E-state index is -1.19. The molecule has 0 aromatic heterocycles. The van der Waals surface area contributed by atoms with Crippen molar-refractivity contribution in [2.24, 2.45) is 11.8 Å². The quantitative estimate of drug-likeness (QED) is 0.247. The van der Waals surface area contributed by atoms with Crippen LogP contribution in [0.5, 0.6) is 0 Å². The van der Waals surface area contributed by atoms with E-state index in [1.807, 2.05) is 45.9 Å². The van der Waals surface area contributed by atoms with E-state index in [1.54, 1.807) is 17.1 Å². The number of carbonyl (C=O) groups is 3. The van der Waals surface area contributed by atoms with Gasteiger partial charge in [-0.3, -0.25) is 14.4 Å². The molecule has 39 heavy (non-hydrogen) atoms. The summed E-state index contributed by atoms with van der Waals surface area (Å²) in [6, 6.07) is 4.33. The lowest BCUT2D eigenvalue weighted by atomic mass is 9.65. The van der Waals surface area contributed by atoms with Crippen LogP contribution in [0.1, 0.15) is 57.1 Å². The van der Waals surface area contributed by atoms with E-state index in [0.29, 0.717) is 32.1 Å². The topological polar surface area (TPSA) is 96.4 Å². The molecule has 3 aliphatic rings. The first-order valence-corrected chi connectivity index (χ1v) is 14.1. The van der Waals surface area contributed by atoms with Crippen molar-refractivity contribution in [1.82, 2.24) is 4.90 Å². The van der Waals surface area contributed by atoms with E-state index in [0.717, 1.165) is 16.8 Å². The summed E-state index contributed by atoms with van der Waals surface area (Å²) < 4.78 is 12.4. The van der Waals surface area contributed by atoms with Crippen LogP contribution >= 0.6 is 0 Å². The number of hydrogen-bond acceptors (Lipinski definition) is 6. The third-order valence-corrected chi connectivity index (χ3v) is 8.98. The van der Waals surface area contributed by atoms with Gasteiger partial charge in [0.05, 0.1) is 30.8 Å². The second-order valence-electron chi connectivity index (χ2n) is 11.1. The summed E-state index contributed by atoms with van der Waals surface area (Å²) in [5.74, 6) is -2.77. The minimum absolute atomic E-state index is 0.173. The van der Waals surface area contributed by atoms with E-state index in [9.17, 15) is 19.5 Å². The summed E-state index contributed by atoms with van der Waals surface area (Å²) >= 11 is 0. The van der Waals surface area contributed by atoms with Gasteiger partial charge >= 0.3 is 5.97 Å². The number of nitrogens with zero attached hydrogens (tertiary/aromatic N) is 2. The van der Waals surface area contributed by atoms with Crippen molar-refractivity contribution in [3.05, 3.63) is 54.6 Å². The second kappa shape index (κ2) is 11.3. The number of ether oxygens (including phenoxy) is 2. The average Bonchev–Trinajstić information content (AvgIpc) is 3.53. The Morgan fingerprint density at radius 2 is 2.00 bits per heavy atom. The fraction of sp³-hybridized carbons (Fsp3) is 0.581. The molecular weight excluding hydrogens is 496 g/mol. The van der Waals surface area contributed by atoms with E-state index in [-0.39, 0.29) is 31.6 Å². The van der Waals surface area contributed by atoms with Crippen molar-refractivity contribution in [2.75, 3.05) is 24.7 Å². The maximum Gasteiger partial charge on any atom is 0.312 e. The van der Waals surface area contributed by atoms with Gasteiger partial charge in [-0.15, -0.1) is 13.2 Å². The van der Waals surface area contributed by atoms with Gasteiger partial charge in [-0.1, -0.05) is 38.1 Å². The lowest BCUT2D eigenvalue weighted by molar-refractivity contribution is -0.162. The number of rotatable bonds is 12. The Bertz CT molecular complexity index is 1150. The third-order valence-electron chi connectivity index (χ3n) is 8.98. The van der Waals surface area contributed by atoms with E-state index in [1.165, 1.54) is 4.90 Å². The Morgan fingerprint density at radius 3 is 2.62 bits per heavy atom. The van der Waals surface area contributed by atoms with Gasteiger partial charge in [0.2, 0.25) is 5.91 Å². The van der Waals surface area contributed by atoms with Crippen LogP contribution in [-0.2, 0) is 23.9 Å². The largest absolute Gasteiger partial charge is 0.465 e. The first-order valence-electron chi connectivity index (χ1n) is 14.1. The van der Waals surface area contributed by atoms with E-state index in [2.05, 4.69) is 13.2 Å². The molecule has 0 saturated carbocycles. The summed E-state index contributed by atoms with van der Waals surface area (Å²) in [5.41, 5.74) is 0.591. The highest BCUT2D eigenvalue weighted by molar-refractivity contribution is 6.05. The standard InChI is InChI=1S/C31H42N2O6/c1-7-11-17-38-29(37)25-24-27(35)33(22(9-3)19-34)26(31(24)15-14-30(25,10-4)39-31)28(36)32(16-8-2)23-18-20(5)12-13-21(23)6/h7-8,12-13,18,22,24-26,34H,1-2,9-11,14-17,19H2,3-6H3/t22-,24-,25+,26?,30-,31?/m0/s1. The number of benzene rings is 1. The van der Waals surface area contributed by atoms with Gasteiger partial charge in [0, 0.05) is 12.2 Å². The van der Waals surface area contributed by atoms with Crippen LogP contribution in [0.4, 0.5) is 5.69 Å². The van der Waals surface area contributed by atoms with Gasteiger partial charge < -0.3 is 24.4 Å². The molecule has 3 heterocycles. The molecule has 3 aliphatic heterocycles. The van der Waals surface area contributed by atoms with Crippen molar-refractivity contribution in [1.29, 1.82) is 0 Å². The summed E-state index contributed by atoms with van der Waals surface area (Å²) in [4.78, 5) is 45.7. The predicted octanol–water partition coefficient (Wildman–Crippen LogP) is 3.87. The normalized spacial score (nSPS) is 29.7. The van der Waals surface area contributed by atoms with Crippen LogP contribution in [0, 0.1) is 25.7 Å². The highest BCUT2D eigenvalue weighted by Gasteiger charge is 2.79. The number of carbonyl (C=O) groups excluding carboxylic acids is 3. The number of aliphatic hydroxyl groups excluding tert-OH is 1. The molecular formula is C31H42N2O6. The van der Waals surface area contributed by atoms with E-state index >= 15 is 0 Å². The van der Waals surface area contributed by atoms with Gasteiger partial charge in [0.25, 0.3) is 5.91 Å². The van der Waals surface area contributed by atoms with Gasteiger partial charge in [0.1, 0.15) is 17.6 Å². The van der Waals surface area contributed by atoms with Crippen molar-refractivity contribution in [3.8, 4) is 0 Å². The highest BCUT2D eigenvalue weighted by atomic mass is 16.6. The number of amides is 2. The number of hydrogen-bond donors (Lipinski definition) is 1. The Kier molecular flexibility index (Phi) is 8.38. The maximum atomic E-state index is 14.7. The molecule has 2 amide bonds. The summed E-state index contributed by atoms with van der Waals surface area (Å²) in [7, 11) is 0. The van der Waals surface area contributed by atoms with Crippen LogP contribution in [0.15, 0.2) is 43.5 Å². The first kappa shape index (κ1) is 29.0. The van der Waals surface area contributed by atoms with Crippen LogP contribution in [0.2, 0.25) is 0 Å². The lowest BCUT2D eigenvalue weighted by Gasteiger charge is -2.39. The smallest absolute Gasteiger partial charge is 0.312 e. The van der Waals surface area contributed by atoms with Crippen LogP contribution < -0.4 is 4.90 Å². The van der Waals surface area contributed by atoms with Crippen molar-refractivity contribution < 1.29 is 29.0 Å². The van der Waals surface area contributed by atoms with Crippen molar-refractivity contribution in [2.45, 2.75) is 83.1 Å². The third kappa shape index (κ3) is 4.51. The number of anilines is 1. The highest BCUT2D eigenvalue weighted by Crippen LogP contribution is 2.65. The van der Waals surface area contributed by atoms with Crippen molar-refractivity contribution >= 4 is 23.5 Å². The first-order chi connectivity index (χ1) is 18.7. The molecule has 4 rings (SSSR count). The number of esters is 1. The molecule has 3 fully saturated rings. The summed E-state index contributed by atoms with van der Waals surface area (Å²) in [6.07, 6.45) is 5.83. The maximum absolute atomic E-state index is 14.7. The molecule has 6 atom stereocenters. The number of fused-ring (bicyclic) bond motifs is 1. The van der Waals surface area contributed by atoms with Gasteiger partial charge in [-0.05, 0) is 63.1 Å². The fourth-order valence-corrected chi connectivity index (χ4v) is 7.03. The number of aryl methyl sites for hydroxylation is 2. The molecule has 2 bridgehead atoms. The van der Waals surface area contributed by atoms with Crippen molar-refractivity contribution in [3.63, 3.8) is 0 Å². The fourth-order valence-electron chi connectivity index (χ4n) is 7.03. The number of aliphatic hydroxyl groups is 1. The molecule has 212 valence electrons. The lowest BCUT2D eigenvalue weighted by Crippen LogP contribution is -2.59. The molecule has 0 aliphatic carbocycles. The molecule has 1 aromatic carbocycles. The van der Waals surface area contributed by atoms with Gasteiger partial charge in [0.15, 0.2) is 0 Å². The molecule has 8 nitrogen and oxygen atoms in total. The molecule has 1 N–H and O–H groups in total. The van der Waals surface area contributed by atoms with Crippen LogP contribution in [-0.4, -0.2) is 70.8 Å². The Balaban J connectivity index is 1.85. The van der Waals surface area contributed by atoms with E-state index in [4.69, 9.17) is 9.47 Å². The zero-order valence-corrected chi connectivity index (χ0v) is 23.7. The van der Waals surface area contributed by atoms with Gasteiger partial charge in [-0.2, -0.15) is 0 Å². The Labute approximate surface area is 231 Å². The monoisotopic (exact) mass is 538 g/mol. The molecule has 0 radical (unpaired) electrons.